The van der Waals surface area contributed by atoms with Crippen LogP contribution < -0.4 is 10.1 Å². The van der Waals surface area contributed by atoms with Gasteiger partial charge in [0.15, 0.2) is 29.3 Å². The first-order valence-corrected chi connectivity index (χ1v) is 7.58. The van der Waals surface area contributed by atoms with E-state index in [1.165, 1.54) is 37.3 Å². The summed E-state index contributed by atoms with van der Waals surface area (Å²) in [6, 6.07) is 10.3. The molecule has 0 spiro atoms. The molecule has 0 saturated heterocycles. The van der Waals surface area contributed by atoms with E-state index in [-0.39, 0.29) is 22.9 Å². The van der Waals surface area contributed by atoms with Crippen molar-refractivity contribution in [2.45, 2.75) is 13.0 Å². The fourth-order valence-electron chi connectivity index (χ4n) is 2.13. The minimum absolute atomic E-state index is 0.0151. The number of ether oxygens (including phenoxy) is 1. The van der Waals surface area contributed by atoms with Crippen molar-refractivity contribution in [2.75, 3.05) is 5.32 Å². The number of benzene rings is 2. The van der Waals surface area contributed by atoms with Gasteiger partial charge in [0, 0.05) is 11.6 Å². The molecule has 2 aromatic carbocycles. The van der Waals surface area contributed by atoms with E-state index >= 15 is 0 Å². The van der Waals surface area contributed by atoms with Gasteiger partial charge < -0.3 is 9.26 Å². The topological polar surface area (TPSA) is 64.4 Å². The highest BCUT2D eigenvalue weighted by Crippen LogP contribution is 2.24. The zero-order valence-corrected chi connectivity index (χ0v) is 13.5. The van der Waals surface area contributed by atoms with Crippen LogP contribution in [0.3, 0.4) is 0 Å². The highest BCUT2D eigenvalue weighted by Gasteiger charge is 2.19. The second-order valence-corrected chi connectivity index (χ2v) is 5.39. The third kappa shape index (κ3) is 3.85. The van der Waals surface area contributed by atoms with E-state index in [0.717, 1.165) is 12.1 Å². The number of rotatable bonds is 5. The van der Waals surface area contributed by atoms with Crippen molar-refractivity contribution in [3.8, 4) is 17.0 Å². The van der Waals surface area contributed by atoms with Crippen LogP contribution in [0.4, 0.5) is 19.1 Å². The van der Waals surface area contributed by atoms with Crippen molar-refractivity contribution in [2.24, 2.45) is 0 Å². The summed E-state index contributed by atoms with van der Waals surface area (Å²) in [6.07, 6.45) is -1.01. The van der Waals surface area contributed by atoms with E-state index in [4.69, 9.17) is 9.26 Å². The van der Waals surface area contributed by atoms with Crippen LogP contribution in [0.1, 0.15) is 6.92 Å². The average molecular weight is 362 g/mol. The van der Waals surface area contributed by atoms with Crippen LogP contribution >= 0.6 is 0 Å². The highest BCUT2D eigenvalue weighted by atomic mass is 19.2. The molecule has 1 amide bonds. The Morgan fingerprint density at radius 3 is 2.58 bits per heavy atom. The fraction of sp³-hybridized carbons (Fsp3) is 0.111. The molecular formula is C18H13F3N2O3. The Morgan fingerprint density at radius 2 is 1.85 bits per heavy atom. The SMILES string of the molecule is CC(Oc1ccccc1F)C(=O)Nc1cc(-c2ccc(F)c(F)c2)no1. The molecule has 1 heterocycles. The van der Waals surface area contributed by atoms with Crippen LogP contribution in [0.25, 0.3) is 11.3 Å². The maximum absolute atomic E-state index is 13.5. The molecule has 134 valence electrons. The summed E-state index contributed by atoms with van der Waals surface area (Å²) in [7, 11) is 0. The molecule has 0 bridgehead atoms. The van der Waals surface area contributed by atoms with Gasteiger partial charge in [-0.05, 0) is 37.3 Å². The third-order valence-corrected chi connectivity index (χ3v) is 3.48. The third-order valence-electron chi connectivity index (χ3n) is 3.48. The van der Waals surface area contributed by atoms with Crippen LogP contribution in [-0.4, -0.2) is 17.2 Å². The van der Waals surface area contributed by atoms with Gasteiger partial charge in [-0.1, -0.05) is 17.3 Å². The van der Waals surface area contributed by atoms with E-state index < -0.39 is 29.5 Å². The molecule has 1 N–H and O–H groups in total. The number of halogens is 3. The zero-order valence-electron chi connectivity index (χ0n) is 13.5. The fourth-order valence-corrected chi connectivity index (χ4v) is 2.13. The van der Waals surface area contributed by atoms with Gasteiger partial charge in [-0.3, -0.25) is 10.1 Å². The smallest absolute Gasteiger partial charge is 0.267 e. The number of carbonyl (C=O) groups is 1. The number of nitrogens with zero attached hydrogens (tertiary/aromatic N) is 1. The van der Waals surface area contributed by atoms with Crippen molar-refractivity contribution in [1.82, 2.24) is 5.16 Å². The first-order chi connectivity index (χ1) is 12.4. The molecule has 1 unspecified atom stereocenters. The lowest BCUT2D eigenvalue weighted by Crippen LogP contribution is -2.30. The molecule has 26 heavy (non-hydrogen) atoms. The number of carbonyl (C=O) groups excluding carboxylic acids is 1. The minimum Gasteiger partial charge on any atom is -0.478 e. The van der Waals surface area contributed by atoms with Crippen LogP contribution in [0.5, 0.6) is 5.75 Å². The second kappa shape index (κ2) is 7.30. The van der Waals surface area contributed by atoms with Crippen molar-refractivity contribution in [1.29, 1.82) is 0 Å². The number of nitrogens with one attached hydrogen (secondary N) is 1. The Labute approximate surface area is 146 Å². The first kappa shape index (κ1) is 17.5. The van der Waals surface area contributed by atoms with Gasteiger partial charge in [0.25, 0.3) is 5.91 Å². The second-order valence-electron chi connectivity index (χ2n) is 5.39. The van der Waals surface area contributed by atoms with Crippen LogP contribution in [0.15, 0.2) is 53.1 Å². The van der Waals surface area contributed by atoms with E-state index in [2.05, 4.69) is 10.5 Å². The molecule has 0 aliphatic heterocycles. The van der Waals surface area contributed by atoms with Gasteiger partial charge in [-0.15, -0.1) is 0 Å². The lowest BCUT2D eigenvalue weighted by molar-refractivity contribution is -0.122. The van der Waals surface area contributed by atoms with Crippen LogP contribution in [0.2, 0.25) is 0 Å². The Kier molecular flexibility index (Phi) is 4.92. The molecule has 0 radical (unpaired) electrons. The molecule has 0 aliphatic carbocycles. The number of aromatic nitrogens is 1. The van der Waals surface area contributed by atoms with Crippen LogP contribution in [-0.2, 0) is 4.79 Å². The number of para-hydroxylation sites is 1. The molecule has 3 aromatic rings. The summed E-state index contributed by atoms with van der Waals surface area (Å²) in [5.41, 5.74) is 0.491. The molecule has 0 fully saturated rings. The Balaban J connectivity index is 1.67. The summed E-state index contributed by atoms with van der Waals surface area (Å²) in [5.74, 6) is -3.27. The van der Waals surface area contributed by atoms with Gasteiger partial charge in [-0.2, -0.15) is 0 Å². The normalized spacial score (nSPS) is 11.8. The average Bonchev–Trinajstić information content (AvgIpc) is 3.07. The van der Waals surface area contributed by atoms with Gasteiger partial charge in [0.1, 0.15) is 5.69 Å². The molecule has 3 rings (SSSR count). The molecular weight excluding hydrogens is 349 g/mol. The van der Waals surface area contributed by atoms with Gasteiger partial charge in [0.05, 0.1) is 0 Å². The number of anilines is 1. The van der Waals surface area contributed by atoms with E-state index in [1.54, 1.807) is 6.07 Å². The maximum atomic E-state index is 13.5. The van der Waals surface area contributed by atoms with E-state index in [0.29, 0.717) is 0 Å². The lowest BCUT2D eigenvalue weighted by atomic mass is 10.1. The first-order valence-electron chi connectivity index (χ1n) is 7.58. The monoisotopic (exact) mass is 362 g/mol. The van der Waals surface area contributed by atoms with E-state index in [1.807, 2.05) is 0 Å². The zero-order chi connectivity index (χ0) is 18.7. The van der Waals surface area contributed by atoms with Crippen molar-refractivity contribution >= 4 is 11.8 Å². The molecule has 5 nitrogen and oxygen atoms in total. The van der Waals surface area contributed by atoms with E-state index in [9.17, 15) is 18.0 Å². The predicted molar refractivity (Wildman–Crippen MR) is 87.0 cm³/mol. The number of amides is 1. The van der Waals surface area contributed by atoms with Crippen LogP contribution in [0, 0.1) is 17.5 Å². The molecule has 1 atom stereocenters. The molecule has 0 saturated carbocycles. The highest BCUT2D eigenvalue weighted by molar-refractivity contribution is 5.93. The Morgan fingerprint density at radius 1 is 1.08 bits per heavy atom. The van der Waals surface area contributed by atoms with Crippen molar-refractivity contribution in [3.05, 3.63) is 66.0 Å². The Hall–Kier alpha value is -3.29. The maximum Gasteiger partial charge on any atom is 0.267 e. The lowest BCUT2D eigenvalue weighted by Gasteiger charge is -2.13. The van der Waals surface area contributed by atoms with Gasteiger partial charge in [0.2, 0.25) is 5.88 Å². The number of hydrogen-bond donors (Lipinski definition) is 1. The summed E-state index contributed by atoms with van der Waals surface area (Å²) in [6.45, 7) is 1.44. The van der Waals surface area contributed by atoms with Crippen molar-refractivity contribution < 1.29 is 27.2 Å². The minimum atomic E-state index is -1.03. The quantitative estimate of drug-likeness (QED) is 0.740. The summed E-state index contributed by atoms with van der Waals surface area (Å²) in [5, 5.41) is 6.10. The number of hydrogen-bond acceptors (Lipinski definition) is 4. The van der Waals surface area contributed by atoms with Gasteiger partial charge >= 0.3 is 0 Å². The molecule has 0 aliphatic rings. The summed E-state index contributed by atoms with van der Waals surface area (Å²) >= 11 is 0. The van der Waals surface area contributed by atoms with Gasteiger partial charge in [-0.25, -0.2) is 13.2 Å². The summed E-state index contributed by atoms with van der Waals surface area (Å²) < 4.78 is 50.0. The predicted octanol–water partition coefficient (Wildman–Crippen LogP) is 4.16. The Bertz CT molecular complexity index is 943. The summed E-state index contributed by atoms with van der Waals surface area (Å²) in [4.78, 5) is 12.1. The van der Waals surface area contributed by atoms with Crippen molar-refractivity contribution in [3.63, 3.8) is 0 Å². The largest absolute Gasteiger partial charge is 0.478 e. The standard InChI is InChI=1S/C18H13F3N2O3/c1-10(25-16-5-3-2-4-13(16)20)18(24)22-17-9-15(23-26-17)11-6-7-12(19)14(21)8-11/h2-10H,1H3,(H,22,24). The molecule has 8 heteroatoms. The molecule has 1 aromatic heterocycles.